The first-order valence-corrected chi connectivity index (χ1v) is 9.96. The van der Waals surface area contributed by atoms with Gasteiger partial charge in [0.15, 0.2) is 0 Å². The molecule has 3 N–H and O–H groups in total. The van der Waals surface area contributed by atoms with E-state index in [9.17, 15) is 14.7 Å². The third kappa shape index (κ3) is 3.97. The number of nitrogens with zero attached hydrogens (tertiary/aromatic N) is 1. The van der Waals surface area contributed by atoms with Crippen LogP contribution >= 0.6 is 15.9 Å². The van der Waals surface area contributed by atoms with Crippen molar-refractivity contribution in [3.63, 3.8) is 0 Å². The lowest BCUT2D eigenvalue weighted by Gasteiger charge is -2.32. The summed E-state index contributed by atoms with van der Waals surface area (Å²) < 4.78 is 6.51. The van der Waals surface area contributed by atoms with Gasteiger partial charge < -0.3 is 15.6 Å². The minimum Gasteiger partial charge on any atom is -0.423 e. The number of amides is 2. The van der Waals surface area contributed by atoms with Crippen molar-refractivity contribution in [2.45, 2.75) is 6.42 Å². The van der Waals surface area contributed by atoms with Crippen LogP contribution in [-0.2, 0) is 6.42 Å². The zero-order valence-corrected chi connectivity index (χ0v) is 17.1. The molecule has 3 aromatic carbocycles. The van der Waals surface area contributed by atoms with Crippen molar-refractivity contribution in [3.05, 3.63) is 70.2 Å². The Labute approximate surface area is 176 Å². The molecule has 29 heavy (non-hydrogen) atoms. The second-order valence-electron chi connectivity index (χ2n) is 7.09. The molecule has 2 amide bonds. The number of urea groups is 1. The summed E-state index contributed by atoms with van der Waals surface area (Å²) in [5, 5.41) is 11.4. The molecule has 148 valence electrons. The number of ether oxygens (including phenoxy) is 1. The Morgan fingerprint density at radius 1 is 1.10 bits per heavy atom. The smallest absolute Gasteiger partial charge is 0.343 e. The molecule has 4 rings (SSSR count). The molecule has 7 heteroatoms. The summed E-state index contributed by atoms with van der Waals surface area (Å²) >= 11 is 3.43. The zero-order valence-electron chi connectivity index (χ0n) is 15.5. The van der Waals surface area contributed by atoms with Crippen LogP contribution < -0.4 is 15.4 Å². The van der Waals surface area contributed by atoms with Gasteiger partial charge in [-0.05, 0) is 53.1 Å². The highest BCUT2D eigenvalue weighted by atomic mass is 79.9. The molecule has 1 atom stereocenters. The van der Waals surface area contributed by atoms with Gasteiger partial charge in [0.1, 0.15) is 5.75 Å². The maximum Gasteiger partial charge on any atom is 0.343 e. The fourth-order valence-electron chi connectivity index (χ4n) is 3.60. The van der Waals surface area contributed by atoms with Crippen LogP contribution in [0.5, 0.6) is 5.75 Å². The van der Waals surface area contributed by atoms with Gasteiger partial charge in [-0.1, -0.05) is 34.1 Å². The van der Waals surface area contributed by atoms with Gasteiger partial charge in [0, 0.05) is 29.6 Å². The van der Waals surface area contributed by atoms with Crippen molar-refractivity contribution in [2.24, 2.45) is 11.7 Å². The molecular formula is C22H19BrN2O4. The second kappa shape index (κ2) is 7.85. The van der Waals surface area contributed by atoms with E-state index in [0.717, 1.165) is 20.8 Å². The van der Waals surface area contributed by atoms with Crippen molar-refractivity contribution in [1.29, 1.82) is 0 Å². The molecule has 1 aliphatic rings. The number of carbonyl (C=O) groups excluding carboxylic acids is 2. The third-order valence-corrected chi connectivity index (χ3v) is 5.56. The number of hydrogen-bond acceptors (Lipinski definition) is 4. The van der Waals surface area contributed by atoms with E-state index in [1.54, 1.807) is 30.3 Å². The Kier molecular flexibility index (Phi) is 5.25. The number of rotatable bonds is 3. The molecule has 1 unspecified atom stereocenters. The Hall–Kier alpha value is -2.90. The van der Waals surface area contributed by atoms with Crippen molar-refractivity contribution in [3.8, 4) is 5.75 Å². The second-order valence-corrected chi connectivity index (χ2v) is 8.00. The topological polar surface area (TPSA) is 92.9 Å². The summed E-state index contributed by atoms with van der Waals surface area (Å²) in [6.07, 6.45) is 0.629. The first-order chi connectivity index (χ1) is 13.9. The van der Waals surface area contributed by atoms with Crippen LogP contribution in [0.1, 0.15) is 15.9 Å². The van der Waals surface area contributed by atoms with Gasteiger partial charge in [0.25, 0.3) is 0 Å². The first-order valence-electron chi connectivity index (χ1n) is 9.17. The summed E-state index contributed by atoms with van der Waals surface area (Å²) in [5.41, 5.74) is 7.42. The zero-order chi connectivity index (χ0) is 20.5. The fourth-order valence-corrected chi connectivity index (χ4v) is 3.98. The highest BCUT2D eigenvalue weighted by molar-refractivity contribution is 9.10. The number of primary amides is 1. The van der Waals surface area contributed by atoms with Gasteiger partial charge in [0.2, 0.25) is 0 Å². The molecular weight excluding hydrogens is 436 g/mol. The molecule has 0 radical (unpaired) electrons. The van der Waals surface area contributed by atoms with E-state index in [1.807, 2.05) is 24.3 Å². The van der Waals surface area contributed by atoms with Crippen LogP contribution in [-0.4, -0.2) is 30.3 Å². The van der Waals surface area contributed by atoms with Gasteiger partial charge in [-0.15, -0.1) is 0 Å². The summed E-state index contributed by atoms with van der Waals surface area (Å²) in [6, 6.07) is 15.7. The number of anilines is 1. The molecule has 0 spiro atoms. The van der Waals surface area contributed by atoms with Crippen molar-refractivity contribution in [2.75, 3.05) is 18.1 Å². The van der Waals surface area contributed by atoms with Gasteiger partial charge in [0.05, 0.1) is 11.3 Å². The molecule has 0 saturated heterocycles. The number of benzene rings is 3. The maximum absolute atomic E-state index is 12.6. The number of esters is 1. The van der Waals surface area contributed by atoms with Crippen molar-refractivity contribution >= 4 is 44.4 Å². The van der Waals surface area contributed by atoms with Crippen LogP contribution in [0.15, 0.2) is 59.1 Å². The number of aliphatic hydroxyl groups is 1. The number of carbonyl (C=O) groups is 2. The molecule has 1 aliphatic heterocycles. The van der Waals surface area contributed by atoms with Crippen molar-refractivity contribution < 1.29 is 19.4 Å². The van der Waals surface area contributed by atoms with Crippen LogP contribution in [0.3, 0.4) is 0 Å². The quantitative estimate of drug-likeness (QED) is 0.463. The Balaban J connectivity index is 1.60. The van der Waals surface area contributed by atoms with E-state index in [4.69, 9.17) is 10.5 Å². The number of fused-ring (bicyclic) bond motifs is 2. The Morgan fingerprint density at radius 3 is 2.62 bits per heavy atom. The normalized spacial score (nSPS) is 15.8. The van der Waals surface area contributed by atoms with Crippen LogP contribution in [0.25, 0.3) is 10.8 Å². The molecule has 0 aromatic heterocycles. The maximum atomic E-state index is 12.6. The lowest BCUT2D eigenvalue weighted by atomic mass is 9.93. The van der Waals surface area contributed by atoms with E-state index in [1.165, 1.54) is 4.90 Å². The SMILES string of the molecule is NC(=O)N1CC(CO)Cc2ccc(OC(=O)c3ccc4cc(Br)ccc4c3)cc21. The summed E-state index contributed by atoms with van der Waals surface area (Å²) in [4.78, 5) is 25.9. The highest BCUT2D eigenvalue weighted by Gasteiger charge is 2.27. The van der Waals surface area contributed by atoms with E-state index in [-0.39, 0.29) is 12.5 Å². The molecule has 0 saturated carbocycles. The Bertz CT molecular complexity index is 1120. The van der Waals surface area contributed by atoms with Gasteiger partial charge in [-0.25, -0.2) is 9.59 Å². The monoisotopic (exact) mass is 454 g/mol. The molecule has 6 nitrogen and oxygen atoms in total. The summed E-state index contributed by atoms with van der Waals surface area (Å²) in [7, 11) is 0. The van der Waals surface area contributed by atoms with Gasteiger partial charge >= 0.3 is 12.0 Å². The molecule has 3 aromatic rings. The van der Waals surface area contributed by atoms with E-state index >= 15 is 0 Å². The average molecular weight is 455 g/mol. The largest absolute Gasteiger partial charge is 0.423 e. The molecule has 0 bridgehead atoms. The predicted octanol–water partition coefficient (Wildman–Crippen LogP) is 3.87. The average Bonchev–Trinajstić information content (AvgIpc) is 2.72. The lowest BCUT2D eigenvalue weighted by molar-refractivity contribution is 0.0735. The highest BCUT2D eigenvalue weighted by Crippen LogP contribution is 2.33. The standard InChI is InChI=1S/C22H19BrN2O4/c23-18-5-3-14-8-17(2-1-15(14)9-18)21(27)29-19-6-4-16-7-13(12-26)11-25(22(24)28)20(16)10-19/h1-6,8-10,13,26H,7,11-12H2,(H2,24,28). The predicted molar refractivity (Wildman–Crippen MR) is 114 cm³/mol. The summed E-state index contributed by atoms with van der Waals surface area (Å²) in [5.74, 6) is -0.219. The number of hydrogen-bond donors (Lipinski definition) is 2. The Morgan fingerprint density at radius 2 is 1.86 bits per heavy atom. The third-order valence-electron chi connectivity index (χ3n) is 5.07. The van der Waals surface area contributed by atoms with E-state index in [0.29, 0.717) is 30.0 Å². The van der Waals surface area contributed by atoms with Crippen molar-refractivity contribution in [1.82, 2.24) is 0 Å². The minimum absolute atomic E-state index is 0.0293. The fraction of sp³-hybridized carbons (Fsp3) is 0.182. The molecule has 0 fully saturated rings. The van der Waals surface area contributed by atoms with Gasteiger partial charge in [-0.2, -0.15) is 0 Å². The number of halogens is 1. The first kappa shape index (κ1) is 19.4. The van der Waals surface area contributed by atoms with Crippen LogP contribution in [0.4, 0.5) is 10.5 Å². The van der Waals surface area contributed by atoms with E-state index in [2.05, 4.69) is 15.9 Å². The van der Waals surface area contributed by atoms with Crippen LogP contribution in [0, 0.1) is 5.92 Å². The number of aliphatic hydroxyl groups excluding tert-OH is 1. The minimum atomic E-state index is -0.603. The number of nitrogens with two attached hydrogens (primary N) is 1. The molecule has 1 heterocycles. The lowest BCUT2D eigenvalue weighted by Crippen LogP contribution is -2.44. The summed E-state index contributed by atoms with van der Waals surface area (Å²) in [6.45, 7) is 0.301. The molecule has 0 aliphatic carbocycles. The van der Waals surface area contributed by atoms with E-state index < -0.39 is 12.0 Å². The van der Waals surface area contributed by atoms with Crippen LogP contribution in [0.2, 0.25) is 0 Å². The van der Waals surface area contributed by atoms with Gasteiger partial charge in [-0.3, -0.25) is 4.90 Å².